The number of methoxy groups -OCH3 is 1. The van der Waals surface area contributed by atoms with Crippen molar-refractivity contribution >= 4 is 40.7 Å². The van der Waals surface area contributed by atoms with E-state index in [1.54, 1.807) is 35.1 Å². The number of thioether (sulfide) groups is 1. The molecule has 35 heavy (non-hydrogen) atoms. The van der Waals surface area contributed by atoms with Gasteiger partial charge in [0.2, 0.25) is 11.8 Å². The van der Waals surface area contributed by atoms with Crippen molar-refractivity contribution in [2.75, 3.05) is 37.5 Å². The minimum absolute atomic E-state index is 0.0532. The molecule has 1 atom stereocenters. The lowest BCUT2D eigenvalue weighted by Gasteiger charge is -2.24. The quantitative estimate of drug-likeness (QED) is 0.473. The normalized spacial score (nSPS) is 16.2. The fourth-order valence-corrected chi connectivity index (χ4v) is 6.37. The number of carbonyl (C=O) groups excluding carboxylic acids is 2. The lowest BCUT2D eigenvalue weighted by Crippen LogP contribution is -2.43. The number of ether oxygens (including phenoxy) is 1. The van der Waals surface area contributed by atoms with Crippen LogP contribution in [0.5, 0.6) is 0 Å². The molecular weight excluding hydrogens is 480 g/mol. The van der Waals surface area contributed by atoms with Gasteiger partial charge in [-0.2, -0.15) is 5.10 Å². The number of para-hydroxylation sites is 1. The van der Waals surface area contributed by atoms with E-state index in [0.29, 0.717) is 19.0 Å². The lowest BCUT2D eigenvalue weighted by molar-refractivity contribution is -0.123. The van der Waals surface area contributed by atoms with Crippen molar-refractivity contribution in [2.24, 2.45) is 0 Å². The van der Waals surface area contributed by atoms with Crippen molar-refractivity contribution in [1.29, 1.82) is 0 Å². The average Bonchev–Trinajstić information content (AvgIpc) is 3.44. The Morgan fingerprint density at radius 2 is 2.00 bits per heavy atom. The number of anilines is 1. The standard InChI is InChI=1S/C26H32N4O3S2/c1-17-9-6-7-10-18(17)30-25-22(24(28-30)26(2,3)4)23(19-11-8-14-34-19)35-16-21(32)29(25)15-20(31)27-12-13-33-5/h6-11,14,23H,12-13,15-16H2,1-5H3,(H,27,31)/t23-/m0/s1. The third-order valence-electron chi connectivity index (χ3n) is 5.87. The van der Waals surface area contributed by atoms with Crippen LogP contribution >= 0.6 is 23.1 Å². The summed E-state index contributed by atoms with van der Waals surface area (Å²) in [4.78, 5) is 29.2. The second-order valence-corrected chi connectivity index (χ2v) is 11.6. The number of nitrogens with one attached hydrogen (secondary N) is 1. The first-order valence-corrected chi connectivity index (χ1v) is 13.6. The zero-order valence-corrected chi connectivity index (χ0v) is 22.5. The van der Waals surface area contributed by atoms with Crippen molar-refractivity contribution in [3.63, 3.8) is 0 Å². The number of nitrogens with zero attached hydrogens (tertiary/aromatic N) is 3. The van der Waals surface area contributed by atoms with Crippen LogP contribution < -0.4 is 10.2 Å². The number of hydrogen-bond acceptors (Lipinski definition) is 6. The first-order chi connectivity index (χ1) is 16.7. The summed E-state index contributed by atoms with van der Waals surface area (Å²) in [5, 5.41) is 9.99. The van der Waals surface area contributed by atoms with E-state index in [2.05, 4.69) is 37.5 Å². The van der Waals surface area contributed by atoms with Gasteiger partial charge in [0.05, 0.1) is 29.0 Å². The second kappa shape index (κ2) is 10.6. The number of fused-ring (bicyclic) bond motifs is 1. The van der Waals surface area contributed by atoms with Crippen LogP contribution in [0.4, 0.5) is 5.82 Å². The molecule has 0 aliphatic carbocycles. The van der Waals surface area contributed by atoms with E-state index >= 15 is 0 Å². The Morgan fingerprint density at radius 3 is 2.66 bits per heavy atom. The van der Waals surface area contributed by atoms with Crippen molar-refractivity contribution in [3.8, 4) is 5.69 Å². The molecule has 1 aliphatic rings. The van der Waals surface area contributed by atoms with Gasteiger partial charge in [-0.15, -0.1) is 23.1 Å². The van der Waals surface area contributed by atoms with Crippen LogP contribution in [0.25, 0.3) is 5.69 Å². The molecule has 0 fully saturated rings. The molecule has 0 spiro atoms. The highest BCUT2D eigenvalue weighted by molar-refractivity contribution is 8.00. The summed E-state index contributed by atoms with van der Waals surface area (Å²) >= 11 is 3.28. The molecule has 3 aromatic rings. The van der Waals surface area contributed by atoms with E-state index < -0.39 is 0 Å². The van der Waals surface area contributed by atoms with Crippen LogP contribution in [0.1, 0.15) is 47.7 Å². The molecule has 186 valence electrons. The van der Waals surface area contributed by atoms with Gasteiger partial charge in [0.15, 0.2) is 0 Å². The third kappa shape index (κ3) is 5.32. The molecule has 0 radical (unpaired) electrons. The Kier molecular flexibility index (Phi) is 7.68. The summed E-state index contributed by atoms with van der Waals surface area (Å²) in [6.45, 7) is 9.19. The molecule has 0 saturated carbocycles. The van der Waals surface area contributed by atoms with E-state index in [1.165, 1.54) is 4.88 Å². The molecule has 9 heteroatoms. The van der Waals surface area contributed by atoms with Gasteiger partial charge in [0.1, 0.15) is 12.4 Å². The van der Waals surface area contributed by atoms with Gasteiger partial charge in [0.25, 0.3) is 0 Å². The van der Waals surface area contributed by atoms with Crippen LogP contribution in [-0.2, 0) is 19.7 Å². The fraction of sp³-hybridized carbons (Fsp3) is 0.423. The minimum Gasteiger partial charge on any atom is -0.383 e. The molecule has 1 aliphatic heterocycles. The lowest BCUT2D eigenvalue weighted by atomic mass is 9.88. The third-order valence-corrected chi connectivity index (χ3v) is 8.20. The molecule has 2 amide bonds. The monoisotopic (exact) mass is 512 g/mol. The Labute approximate surface area is 214 Å². The van der Waals surface area contributed by atoms with Crippen LogP contribution in [-0.4, -0.2) is 54.2 Å². The number of aromatic nitrogens is 2. The van der Waals surface area contributed by atoms with Gasteiger partial charge < -0.3 is 10.1 Å². The largest absolute Gasteiger partial charge is 0.383 e. The highest BCUT2D eigenvalue weighted by Gasteiger charge is 2.40. The fourth-order valence-electron chi connectivity index (χ4n) is 4.20. The Hall–Kier alpha value is -2.62. The first-order valence-electron chi connectivity index (χ1n) is 11.6. The van der Waals surface area contributed by atoms with E-state index in [-0.39, 0.29) is 34.8 Å². The predicted octanol–water partition coefficient (Wildman–Crippen LogP) is 4.47. The zero-order valence-electron chi connectivity index (χ0n) is 20.8. The number of amides is 2. The molecule has 1 N–H and O–H groups in total. The number of benzene rings is 1. The number of thiophene rings is 1. The highest BCUT2D eigenvalue weighted by atomic mass is 32.2. The smallest absolute Gasteiger partial charge is 0.240 e. The summed E-state index contributed by atoms with van der Waals surface area (Å²) in [7, 11) is 1.59. The number of hydrogen-bond donors (Lipinski definition) is 1. The van der Waals surface area contributed by atoms with Gasteiger partial charge in [-0.25, -0.2) is 4.68 Å². The maximum atomic E-state index is 13.5. The zero-order chi connectivity index (χ0) is 25.2. The summed E-state index contributed by atoms with van der Waals surface area (Å²) in [6, 6.07) is 12.2. The summed E-state index contributed by atoms with van der Waals surface area (Å²) < 4.78 is 6.93. The van der Waals surface area contributed by atoms with Crippen molar-refractivity contribution in [3.05, 3.63) is 63.5 Å². The van der Waals surface area contributed by atoms with Gasteiger partial charge in [-0.1, -0.05) is 45.0 Å². The topological polar surface area (TPSA) is 76.5 Å². The van der Waals surface area contributed by atoms with Gasteiger partial charge >= 0.3 is 0 Å². The van der Waals surface area contributed by atoms with Crippen molar-refractivity contribution < 1.29 is 14.3 Å². The molecular formula is C26H32N4O3S2. The maximum absolute atomic E-state index is 13.5. The van der Waals surface area contributed by atoms with E-state index in [4.69, 9.17) is 9.84 Å². The molecule has 7 nitrogen and oxygen atoms in total. The number of rotatable bonds is 7. The molecule has 0 bridgehead atoms. The summed E-state index contributed by atoms with van der Waals surface area (Å²) in [6.07, 6.45) is 0. The van der Waals surface area contributed by atoms with Gasteiger partial charge in [-0.05, 0) is 30.0 Å². The molecule has 1 aromatic carbocycles. The molecule has 2 aromatic heterocycles. The van der Waals surface area contributed by atoms with E-state index in [9.17, 15) is 9.59 Å². The van der Waals surface area contributed by atoms with Crippen LogP contribution in [0, 0.1) is 6.92 Å². The SMILES string of the molecule is COCCNC(=O)CN1C(=O)CS[C@@H](c2cccs2)c2c(C(C)(C)C)nn(-c3ccccc3C)c21. The van der Waals surface area contributed by atoms with Gasteiger partial charge in [-0.3, -0.25) is 14.5 Å². The Bertz CT molecular complexity index is 1200. The number of carbonyl (C=O) groups is 2. The first kappa shape index (κ1) is 25.5. The molecule has 0 saturated heterocycles. The molecule has 4 rings (SSSR count). The average molecular weight is 513 g/mol. The van der Waals surface area contributed by atoms with Gasteiger partial charge in [0, 0.05) is 29.5 Å². The van der Waals surface area contributed by atoms with Crippen LogP contribution in [0.2, 0.25) is 0 Å². The summed E-state index contributed by atoms with van der Waals surface area (Å²) in [5.74, 6) is 0.627. The molecule has 0 unspecified atom stereocenters. The van der Waals surface area contributed by atoms with Crippen molar-refractivity contribution in [2.45, 2.75) is 38.4 Å². The Balaban J connectivity index is 1.94. The van der Waals surface area contributed by atoms with E-state index in [0.717, 1.165) is 22.5 Å². The van der Waals surface area contributed by atoms with Crippen LogP contribution in [0.3, 0.4) is 0 Å². The highest BCUT2D eigenvalue weighted by Crippen LogP contribution is 2.49. The minimum atomic E-state index is -0.270. The van der Waals surface area contributed by atoms with Crippen molar-refractivity contribution in [1.82, 2.24) is 15.1 Å². The Morgan fingerprint density at radius 1 is 1.23 bits per heavy atom. The second-order valence-electron chi connectivity index (χ2n) is 9.56. The molecule has 3 heterocycles. The number of aryl methyl sites for hydroxylation is 1. The summed E-state index contributed by atoms with van der Waals surface area (Å²) in [5.41, 5.74) is 3.60. The van der Waals surface area contributed by atoms with E-state index in [1.807, 2.05) is 41.9 Å². The maximum Gasteiger partial charge on any atom is 0.240 e. The predicted molar refractivity (Wildman–Crippen MR) is 143 cm³/mol. The van der Waals surface area contributed by atoms with Crippen LogP contribution in [0.15, 0.2) is 41.8 Å².